The van der Waals surface area contributed by atoms with Gasteiger partial charge in [-0.3, -0.25) is 9.59 Å². The fraction of sp³-hybridized carbons (Fsp3) is 0.353. The Morgan fingerprint density at radius 2 is 2.00 bits per heavy atom. The van der Waals surface area contributed by atoms with Crippen molar-refractivity contribution in [2.75, 3.05) is 26.9 Å². The minimum atomic E-state index is -0.764. The summed E-state index contributed by atoms with van der Waals surface area (Å²) in [7, 11) is 1.20. The van der Waals surface area contributed by atoms with Crippen molar-refractivity contribution >= 4 is 28.8 Å². The number of furan rings is 1. The third kappa shape index (κ3) is 4.50. The summed E-state index contributed by atoms with van der Waals surface area (Å²) in [6, 6.07) is 5.22. The lowest BCUT2D eigenvalue weighted by Crippen LogP contribution is -2.33. The maximum Gasteiger partial charge on any atom is 0.375 e. The van der Waals surface area contributed by atoms with Crippen LogP contribution in [0.1, 0.15) is 23.0 Å². The number of carbonyl (C=O) groups excluding carboxylic acids is 3. The van der Waals surface area contributed by atoms with Gasteiger partial charge in [0.1, 0.15) is 17.9 Å². The predicted octanol–water partition coefficient (Wildman–Crippen LogP) is 1.59. The highest BCUT2D eigenvalue weighted by Gasteiger charge is 2.20. The van der Waals surface area contributed by atoms with Gasteiger partial charge in [0.05, 0.1) is 13.7 Å². The van der Waals surface area contributed by atoms with Gasteiger partial charge in [0.15, 0.2) is 6.61 Å². The molecule has 0 atom stereocenters. The molecule has 0 spiro atoms. The number of rotatable bonds is 7. The monoisotopic (exact) mass is 349 g/mol. The summed E-state index contributed by atoms with van der Waals surface area (Å²) in [4.78, 5) is 34.6. The molecule has 1 heterocycles. The van der Waals surface area contributed by atoms with E-state index in [9.17, 15) is 14.4 Å². The topological polar surface area (TPSA) is 104 Å². The Bertz CT molecular complexity index is 794. The van der Waals surface area contributed by atoms with E-state index >= 15 is 0 Å². The molecule has 134 valence electrons. The normalized spacial score (nSPS) is 10.4. The molecule has 1 aromatic carbocycles. The van der Waals surface area contributed by atoms with Gasteiger partial charge in [0.25, 0.3) is 5.91 Å². The second kappa shape index (κ2) is 8.18. The predicted molar refractivity (Wildman–Crippen MR) is 87.4 cm³/mol. The molecule has 0 saturated heterocycles. The fourth-order valence-electron chi connectivity index (χ4n) is 2.14. The average Bonchev–Trinajstić information content (AvgIpc) is 2.94. The van der Waals surface area contributed by atoms with Crippen LogP contribution in [0.25, 0.3) is 11.0 Å². The number of carbonyl (C=O) groups is 3. The van der Waals surface area contributed by atoms with Crippen LogP contribution in [0.15, 0.2) is 22.6 Å². The molecule has 0 bridgehead atoms. The maximum absolute atomic E-state index is 12.1. The second-order valence-electron chi connectivity index (χ2n) is 5.08. The first kappa shape index (κ1) is 18.3. The zero-order chi connectivity index (χ0) is 18.4. The van der Waals surface area contributed by atoms with Gasteiger partial charge in [0, 0.05) is 10.9 Å². The minimum Gasteiger partial charge on any atom is -0.494 e. The summed E-state index contributed by atoms with van der Waals surface area (Å²) in [5.74, 6) is -1.30. The Morgan fingerprint density at radius 1 is 1.24 bits per heavy atom. The molecule has 1 amide bonds. The first-order chi connectivity index (χ1) is 12.0. The number of aryl methyl sites for hydroxylation is 1. The molecule has 1 N–H and O–H groups in total. The summed E-state index contributed by atoms with van der Waals surface area (Å²) < 4.78 is 20.2. The van der Waals surface area contributed by atoms with Crippen molar-refractivity contribution in [1.82, 2.24) is 5.32 Å². The van der Waals surface area contributed by atoms with E-state index in [1.54, 1.807) is 25.1 Å². The summed E-state index contributed by atoms with van der Waals surface area (Å²) in [6.07, 6.45) is 0. The quantitative estimate of drug-likeness (QED) is 0.757. The molecular formula is C17H19NO7. The largest absolute Gasteiger partial charge is 0.494 e. The number of hydrogen-bond acceptors (Lipinski definition) is 7. The van der Waals surface area contributed by atoms with E-state index in [1.807, 2.05) is 6.92 Å². The van der Waals surface area contributed by atoms with Gasteiger partial charge in [0.2, 0.25) is 5.76 Å². The van der Waals surface area contributed by atoms with Crippen molar-refractivity contribution in [2.45, 2.75) is 13.8 Å². The van der Waals surface area contributed by atoms with E-state index in [-0.39, 0.29) is 12.3 Å². The lowest BCUT2D eigenvalue weighted by Gasteiger charge is -2.04. The first-order valence-corrected chi connectivity index (χ1v) is 7.62. The highest BCUT2D eigenvalue weighted by molar-refractivity contribution is 5.97. The average molecular weight is 349 g/mol. The number of hydrogen-bond donors (Lipinski definition) is 1. The summed E-state index contributed by atoms with van der Waals surface area (Å²) in [6.45, 7) is 3.29. The van der Waals surface area contributed by atoms with Gasteiger partial charge in [-0.1, -0.05) is 0 Å². The molecule has 8 nitrogen and oxygen atoms in total. The molecule has 1 aromatic heterocycles. The Morgan fingerprint density at radius 3 is 2.68 bits per heavy atom. The van der Waals surface area contributed by atoms with Crippen molar-refractivity contribution in [3.05, 3.63) is 29.5 Å². The molecule has 0 saturated carbocycles. The molecule has 0 aliphatic carbocycles. The smallest absolute Gasteiger partial charge is 0.375 e. The summed E-state index contributed by atoms with van der Waals surface area (Å²) in [5, 5.41) is 2.99. The van der Waals surface area contributed by atoms with Crippen LogP contribution in [0.4, 0.5) is 0 Å². The van der Waals surface area contributed by atoms with Crippen LogP contribution in [0.2, 0.25) is 0 Å². The highest BCUT2D eigenvalue weighted by Crippen LogP contribution is 2.29. The van der Waals surface area contributed by atoms with Crippen LogP contribution in [-0.2, 0) is 19.1 Å². The van der Waals surface area contributed by atoms with Gasteiger partial charge >= 0.3 is 11.9 Å². The van der Waals surface area contributed by atoms with Crippen molar-refractivity contribution < 1.29 is 33.0 Å². The number of ether oxygens (including phenoxy) is 3. The van der Waals surface area contributed by atoms with Crippen LogP contribution in [0.5, 0.6) is 5.75 Å². The molecule has 0 fully saturated rings. The number of benzene rings is 1. The van der Waals surface area contributed by atoms with Gasteiger partial charge in [-0.05, 0) is 32.0 Å². The molecule has 8 heteroatoms. The van der Waals surface area contributed by atoms with Crippen LogP contribution in [0.3, 0.4) is 0 Å². The number of amides is 1. The Balaban J connectivity index is 2.03. The molecule has 2 aromatic rings. The number of esters is 2. The Labute approximate surface area is 144 Å². The molecular weight excluding hydrogens is 330 g/mol. The lowest BCUT2D eigenvalue weighted by molar-refractivity contribution is -0.141. The van der Waals surface area contributed by atoms with Gasteiger partial charge in [-0.25, -0.2) is 4.79 Å². The van der Waals surface area contributed by atoms with Crippen LogP contribution < -0.4 is 10.1 Å². The minimum absolute atomic E-state index is 0.0180. The molecule has 0 unspecified atom stereocenters. The maximum atomic E-state index is 12.1. The zero-order valence-corrected chi connectivity index (χ0v) is 14.2. The van der Waals surface area contributed by atoms with E-state index in [0.717, 1.165) is 5.39 Å². The van der Waals surface area contributed by atoms with Gasteiger partial charge in [-0.2, -0.15) is 0 Å². The Kier molecular flexibility index (Phi) is 5.99. The standard InChI is InChI=1S/C17H19NO7/c1-4-23-11-5-6-13-12(7-11)10(2)16(25-13)17(21)24-9-14(19)18-8-15(20)22-3/h5-7H,4,8-9H2,1-3H3,(H,18,19). The lowest BCUT2D eigenvalue weighted by atomic mass is 10.1. The number of nitrogens with one attached hydrogen (secondary N) is 1. The van der Waals surface area contributed by atoms with Crippen LogP contribution >= 0.6 is 0 Å². The van der Waals surface area contributed by atoms with Crippen LogP contribution in [-0.4, -0.2) is 44.7 Å². The Hall–Kier alpha value is -3.03. The number of methoxy groups -OCH3 is 1. The van der Waals surface area contributed by atoms with E-state index in [4.69, 9.17) is 13.9 Å². The summed E-state index contributed by atoms with van der Waals surface area (Å²) >= 11 is 0. The second-order valence-corrected chi connectivity index (χ2v) is 5.08. The third-order valence-electron chi connectivity index (χ3n) is 3.40. The SMILES string of the molecule is CCOc1ccc2oc(C(=O)OCC(=O)NCC(=O)OC)c(C)c2c1. The van der Waals surface area contributed by atoms with Crippen molar-refractivity contribution in [2.24, 2.45) is 0 Å². The van der Waals surface area contributed by atoms with Crippen molar-refractivity contribution in [3.63, 3.8) is 0 Å². The fourth-order valence-corrected chi connectivity index (χ4v) is 2.14. The number of fused-ring (bicyclic) bond motifs is 1. The van der Waals surface area contributed by atoms with Crippen LogP contribution in [0, 0.1) is 6.92 Å². The molecule has 2 rings (SSSR count). The molecule has 0 aliphatic rings. The van der Waals surface area contributed by atoms with E-state index in [2.05, 4.69) is 10.1 Å². The van der Waals surface area contributed by atoms with E-state index < -0.39 is 24.5 Å². The molecule has 0 radical (unpaired) electrons. The van der Waals surface area contributed by atoms with Gasteiger partial charge in [-0.15, -0.1) is 0 Å². The van der Waals surface area contributed by atoms with E-state index in [0.29, 0.717) is 23.5 Å². The zero-order valence-electron chi connectivity index (χ0n) is 14.2. The van der Waals surface area contributed by atoms with Crippen molar-refractivity contribution in [3.8, 4) is 5.75 Å². The van der Waals surface area contributed by atoms with Crippen molar-refractivity contribution in [1.29, 1.82) is 0 Å². The van der Waals surface area contributed by atoms with E-state index in [1.165, 1.54) is 7.11 Å². The highest BCUT2D eigenvalue weighted by atomic mass is 16.5. The molecule has 0 aliphatic heterocycles. The first-order valence-electron chi connectivity index (χ1n) is 7.62. The summed E-state index contributed by atoms with van der Waals surface area (Å²) in [5.41, 5.74) is 1.11. The third-order valence-corrected chi connectivity index (χ3v) is 3.40. The van der Waals surface area contributed by atoms with Gasteiger partial charge < -0.3 is 23.9 Å². The molecule has 25 heavy (non-hydrogen) atoms.